The fraction of sp³-hybridized carbons (Fsp3) is 0.0952. The van der Waals surface area contributed by atoms with E-state index in [1.807, 2.05) is 66.7 Å². The molecule has 0 spiro atoms. The molecule has 0 saturated carbocycles. The molecule has 0 radical (unpaired) electrons. The van der Waals surface area contributed by atoms with Gasteiger partial charge in [0.05, 0.1) is 5.56 Å². The number of thioether (sulfide) groups is 1. The van der Waals surface area contributed by atoms with Crippen molar-refractivity contribution >= 4 is 17.7 Å². The summed E-state index contributed by atoms with van der Waals surface area (Å²) in [5.41, 5.74) is 2.84. The Hall–Kier alpha value is -2.52. The highest BCUT2D eigenvalue weighted by molar-refractivity contribution is 7.98. The van der Waals surface area contributed by atoms with Gasteiger partial charge in [0, 0.05) is 10.6 Å². The van der Waals surface area contributed by atoms with Gasteiger partial charge in [-0.05, 0) is 29.3 Å². The summed E-state index contributed by atoms with van der Waals surface area (Å²) in [5, 5.41) is 0. The van der Waals surface area contributed by atoms with Gasteiger partial charge in [-0.3, -0.25) is 0 Å². The predicted molar refractivity (Wildman–Crippen MR) is 98.0 cm³/mol. The number of esters is 1. The Labute approximate surface area is 146 Å². The minimum Gasteiger partial charge on any atom is -0.457 e. The number of hydrogen-bond donors (Lipinski definition) is 0. The highest BCUT2D eigenvalue weighted by Crippen LogP contribution is 2.24. The van der Waals surface area contributed by atoms with E-state index in [0.29, 0.717) is 12.2 Å². The van der Waals surface area contributed by atoms with Crippen molar-refractivity contribution in [3.63, 3.8) is 0 Å². The molecule has 0 unspecified atom stereocenters. The van der Waals surface area contributed by atoms with Crippen molar-refractivity contribution in [2.75, 3.05) is 0 Å². The van der Waals surface area contributed by atoms with Gasteiger partial charge in [-0.15, -0.1) is 11.8 Å². The zero-order valence-corrected chi connectivity index (χ0v) is 14.0. The lowest BCUT2D eigenvalue weighted by molar-refractivity contribution is 0.0472. The summed E-state index contributed by atoms with van der Waals surface area (Å²) in [6, 6.07) is 27.6. The maximum Gasteiger partial charge on any atom is 0.338 e. The van der Waals surface area contributed by atoms with Crippen LogP contribution in [-0.4, -0.2) is 5.97 Å². The van der Waals surface area contributed by atoms with Crippen molar-refractivity contribution < 1.29 is 9.53 Å². The maximum absolute atomic E-state index is 12.2. The Morgan fingerprint density at radius 3 is 2.17 bits per heavy atom. The molecule has 3 heteroatoms. The van der Waals surface area contributed by atoms with E-state index in [2.05, 4.69) is 12.1 Å². The van der Waals surface area contributed by atoms with Gasteiger partial charge in [0.15, 0.2) is 0 Å². The van der Waals surface area contributed by atoms with Crippen molar-refractivity contribution in [2.24, 2.45) is 0 Å². The van der Waals surface area contributed by atoms with E-state index >= 15 is 0 Å². The lowest BCUT2D eigenvalue weighted by Crippen LogP contribution is -2.05. The van der Waals surface area contributed by atoms with E-state index in [1.165, 1.54) is 5.56 Å². The van der Waals surface area contributed by atoms with Crippen LogP contribution in [0.15, 0.2) is 89.8 Å². The molecule has 0 atom stereocenters. The molecule has 0 fully saturated rings. The zero-order valence-electron chi connectivity index (χ0n) is 13.2. The molecule has 3 aromatic rings. The third-order valence-electron chi connectivity index (χ3n) is 3.53. The van der Waals surface area contributed by atoms with Crippen LogP contribution in [0, 0.1) is 0 Å². The van der Waals surface area contributed by atoms with E-state index in [0.717, 1.165) is 16.2 Å². The van der Waals surface area contributed by atoms with Gasteiger partial charge in [-0.2, -0.15) is 0 Å². The number of carbonyl (C=O) groups is 1. The quantitative estimate of drug-likeness (QED) is 0.450. The molecule has 0 aliphatic carbocycles. The average molecular weight is 334 g/mol. The molecule has 0 saturated heterocycles. The molecule has 0 aliphatic rings. The monoisotopic (exact) mass is 334 g/mol. The van der Waals surface area contributed by atoms with E-state index in [4.69, 9.17) is 4.74 Å². The first-order valence-corrected chi connectivity index (χ1v) is 8.78. The Morgan fingerprint density at radius 2 is 1.46 bits per heavy atom. The van der Waals surface area contributed by atoms with Crippen LogP contribution in [0.25, 0.3) is 0 Å². The molecule has 0 aromatic heterocycles. The second-order valence-corrected chi connectivity index (χ2v) is 6.41. The van der Waals surface area contributed by atoms with Crippen LogP contribution in [0.1, 0.15) is 21.5 Å². The Morgan fingerprint density at radius 1 is 0.792 bits per heavy atom. The largest absolute Gasteiger partial charge is 0.457 e. The van der Waals surface area contributed by atoms with E-state index < -0.39 is 0 Å². The highest BCUT2D eigenvalue weighted by Gasteiger charge is 2.08. The van der Waals surface area contributed by atoms with Crippen LogP contribution in [0.5, 0.6) is 0 Å². The molecule has 2 nitrogen and oxygen atoms in total. The number of ether oxygens (including phenoxy) is 1. The smallest absolute Gasteiger partial charge is 0.338 e. The van der Waals surface area contributed by atoms with Crippen LogP contribution < -0.4 is 0 Å². The average Bonchev–Trinajstić information content (AvgIpc) is 2.66. The summed E-state index contributed by atoms with van der Waals surface area (Å²) in [4.78, 5) is 13.3. The Kier molecular flexibility index (Phi) is 5.70. The first kappa shape index (κ1) is 16.3. The molecule has 0 amide bonds. The number of hydrogen-bond acceptors (Lipinski definition) is 3. The molecule has 0 bridgehead atoms. The molecule has 120 valence electrons. The number of rotatable bonds is 6. The summed E-state index contributed by atoms with van der Waals surface area (Å²) in [5.74, 6) is 0.588. The Bertz CT molecular complexity index is 785. The van der Waals surface area contributed by atoms with E-state index in [1.54, 1.807) is 17.8 Å². The third-order valence-corrected chi connectivity index (χ3v) is 4.60. The van der Waals surface area contributed by atoms with Crippen LogP contribution in [-0.2, 0) is 17.1 Å². The fourth-order valence-electron chi connectivity index (χ4n) is 2.26. The minimum atomic E-state index is -0.291. The van der Waals surface area contributed by atoms with Gasteiger partial charge in [-0.25, -0.2) is 4.79 Å². The summed E-state index contributed by atoms with van der Waals surface area (Å²) >= 11 is 1.71. The van der Waals surface area contributed by atoms with Crippen molar-refractivity contribution in [3.05, 3.63) is 102 Å². The van der Waals surface area contributed by atoms with Crippen LogP contribution in [0.2, 0.25) is 0 Å². The molecular formula is C21H18O2S. The van der Waals surface area contributed by atoms with Crippen LogP contribution in [0.4, 0.5) is 0 Å². The van der Waals surface area contributed by atoms with Gasteiger partial charge in [0.25, 0.3) is 0 Å². The molecule has 0 N–H and O–H groups in total. The van der Waals surface area contributed by atoms with Gasteiger partial charge < -0.3 is 4.74 Å². The summed E-state index contributed by atoms with van der Waals surface area (Å²) in [7, 11) is 0. The summed E-state index contributed by atoms with van der Waals surface area (Å²) in [6.45, 7) is 0.293. The van der Waals surface area contributed by atoms with Gasteiger partial charge in [-0.1, -0.05) is 66.7 Å². The number of carbonyl (C=O) groups excluding carboxylic acids is 1. The highest BCUT2D eigenvalue weighted by atomic mass is 32.2. The predicted octanol–water partition coefficient (Wildman–Crippen LogP) is 5.34. The molecule has 0 heterocycles. The van der Waals surface area contributed by atoms with Crippen molar-refractivity contribution in [1.82, 2.24) is 0 Å². The van der Waals surface area contributed by atoms with E-state index in [-0.39, 0.29) is 5.97 Å². The third kappa shape index (κ3) is 4.74. The lowest BCUT2D eigenvalue weighted by atomic mass is 10.2. The first-order chi connectivity index (χ1) is 11.8. The van der Waals surface area contributed by atoms with Gasteiger partial charge >= 0.3 is 5.97 Å². The van der Waals surface area contributed by atoms with E-state index in [9.17, 15) is 4.79 Å². The standard InChI is InChI=1S/C21H18O2S/c22-21(23-15-17-8-3-1-4-9-17)19-12-7-13-20(14-19)24-16-18-10-5-2-6-11-18/h1-14H,15-16H2. The SMILES string of the molecule is O=C(OCc1ccccc1)c1cccc(SCc2ccccc2)c1. The first-order valence-electron chi connectivity index (χ1n) is 7.79. The summed E-state index contributed by atoms with van der Waals surface area (Å²) < 4.78 is 5.38. The second-order valence-electron chi connectivity index (χ2n) is 5.36. The van der Waals surface area contributed by atoms with Crippen molar-refractivity contribution in [1.29, 1.82) is 0 Å². The van der Waals surface area contributed by atoms with Gasteiger partial charge in [0.2, 0.25) is 0 Å². The normalized spacial score (nSPS) is 10.3. The molecule has 0 aliphatic heterocycles. The van der Waals surface area contributed by atoms with Crippen molar-refractivity contribution in [3.8, 4) is 0 Å². The zero-order chi connectivity index (χ0) is 16.6. The molecular weight excluding hydrogens is 316 g/mol. The second kappa shape index (κ2) is 8.37. The molecule has 3 rings (SSSR count). The fourth-order valence-corrected chi connectivity index (χ4v) is 3.17. The Balaban J connectivity index is 1.59. The van der Waals surface area contributed by atoms with Crippen molar-refractivity contribution in [2.45, 2.75) is 17.3 Å². The lowest BCUT2D eigenvalue weighted by Gasteiger charge is -2.07. The maximum atomic E-state index is 12.2. The van der Waals surface area contributed by atoms with Crippen LogP contribution in [0.3, 0.4) is 0 Å². The topological polar surface area (TPSA) is 26.3 Å². The summed E-state index contributed by atoms with van der Waals surface area (Å²) in [6.07, 6.45) is 0. The number of benzene rings is 3. The molecule has 3 aromatic carbocycles. The van der Waals surface area contributed by atoms with Crippen LogP contribution >= 0.6 is 11.8 Å². The minimum absolute atomic E-state index is 0.291. The molecule has 24 heavy (non-hydrogen) atoms. The van der Waals surface area contributed by atoms with Gasteiger partial charge in [0.1, 0.15) is 6.61 Å².